The molecule has 1 unspecified atom stereocenters. The lowest BCUT2D eigenvalue weighted by Crippen LogP contribution is -2.32. The Labute approximate surface area is 189 Å². The number of rotatable bonds is 8. The number of halogens is 1. The van der Waals surface area contributed by atoms with Crippen LogP contribution in [0.25, 0.3) is 0 Å². The Bertz CT molecular complexity index is 1050. The summed E-state index contributed by atoms with van der Waals surface area (Å²) < 4.78 is 11.8. The molecule has 1 aliphatic heterocycles. The van der Waals surface area contributed by atoms with E-state index in [-0.39, 0.29) is 24.2 Å². The predicted molar refractivity (Wildman–Crippen MR) is 120 cm³/mol. The summed E-state index contributed by atoms with van der Waals surface area (Å²) in [5.41, 5.74) is 2.81. The summed E-state index contributed by atoms with van der Waals surface area (Å²) in [5.74, 6) is 0.289. The van der Waals surface area contributed by atoms with Gasteiger partial charge >= 0.3 is 0 Å². The van der Waals surface area contributed by atoms with Crippen LogP contribution in [0.15, 0.2) is 75.8 Å². The number of nitrogens with zero attached hydrogens (tertiary/aromatic N) is 1. The maximum absolute atomic E-state index is 12.7. The normalized spacial score (nSPS) is 16.0. The number of furan rings is 1. The van der Waals surface area contributed by atoms with E-state index in [1.165, 1.54) is 0 Å². The molecule has 1 saturated heterocycles. The average Bonchev–Trinajstić information content (AvgIpc) is 3.42. The molecule has 2 aromatic carbocycles. The summed E-state index contributed by atoms with van der Waals surface area (Å²) in [4.78, 5) is 26.8. The minimum Gasteiger partial charge on any atom is -0.467 e. The van der Waals surface area contributed by atoms with Crippen LogP contribution in [0.2, 0.25) is 0 Å². The van der Waals surface area contributed by atoms with E-state index < -0.39 is 0 Å². The molecule has 3 aromatic rings. The molecular formula is C24H23BrN2O4. The maximum atomic E-state index is 12.7. The van der Waals surface area contributed by atoms with E-state index in [9.17, 15) is 9.59 Å². The van der Waals surface area contributed by atoms with E-state index in [4.69, 9.17) is 9.15 Å². The van der Waals surface area contributed by atoms with Crippen molar-refractivity contribution in [3.8, 4) is 0 Å². The first-order chi connectivity index (χ1) is 15.1. The highest BCUT2D eigenvalue weighted by molar-refractivity contribution is 9.10. The first kappa shape index (κ1) is 21.3. The highest BCUT2D eigenvalue weighted by Gasteiger charge is 2.35. The second kappa shape index (κ2) is 9.94. The number of anilines is 1. The molecule has 1 atom stereocenters. The zero-order chi connectivity index (χ0) is 21.6. The molecule has 4 rings (SSSR count). The van der Waals surface area contributed by atoms with Crippen molar-refractivity contribution in [1.82, 2.24) is 5.32 Å². The van der Waals surface area contributed by atoms with Crippen molar-refractivity contribution < 1.29 is 18.7 Å². The van der Waals surface area contributed by atoms with Crippen molar-refractivity contribution in [2.45, 2.75) is 26.2 Å². The summed E-state index contributed by atoms with van der Waals surface area (Å²) in [6.45, 7) is 1.67. The van der Waals surface area contributed by atoms with E-state index in [1.807, 2.05) is 60.7 Å². The fraction of sp³-hybridized carbons (Fsp3) is 0.250. The van der Waals surface area contributed by atoms with Crippen LogP contribution >= 0.6 is 15.9 Å². The van der Waals surface area contributed by atoms with Crippen LogP contribution in [0, 0.1) is 5.92 Å². The molecule has 1 aromatic heterocycles. The van der Waals surface area contributed by atoms with E-state index in [2.05, 4.69) is 21.2 Å². The van der Waals surface area contributed by atoms with Gasteiger partial charge in [-0.3, -0.25) is 9.59 Å². The molecule has 0 bridgehead atoms. The number of hydrogen-bond donors (Lipinski definition) is 1. The molecule has 1 N–H and O–H groups in total. The van der Waals surface area contributed by atoms with Crippen LogP contribution in [0.3, 0.4) is 0 Å². The van der Waals surface area contributed by atoms with Gasteiger partial charge in [0.2, 0.25) is 11.8 Å². The Hall–Kier alpha value is -2.90. The van der Waals surface area contributed by atoms with Crippen molar-refractivity contribution in [1.29, 1.82) is 0 Å². The van der Waals surface area contributed by atoms with Gasteiger partial charge in [-0.1, -0.05) is 46.3 Å². The van der Waals surface area contributed by atoms with Crippen LogP contribution in [-0.2, 0) is 34.1 Å². The molecule has 31 heavy (non-hydrogen) atoms. The molecule has 0 spiro atoms. The Morgan fingerprint density at radius 2 is 1.94 bits per heavy atom. The van der Waals surface area contributed by atoms with Crippen molar-refractivity contribution in [2.75, 3.05) is 11.4 Å². The number of nitrogens with one attached hydrogen (secondary N) is 1. The largest absolute Gasteiger partial charge is 0.467 e. The molecule has 0 radical (unpaired) electrons. The average molecular weight is 483 g/mol. The standard InChI is InChI=1S/C24H23BrN2O4/c25-20-6-2-7-21(12-20)27-14-19(11-23(27)28)24(29)26-13-17-4-1-5-18(10-17)15-30-16-22-8-3-9-31-22/h1-10,12,19H,11,13-16H2,(H,26,29). The second-order valence-corrected chi connectivity index (χ2v) is 8.41. The monoisotopic (exact) mass is 482 g/mol. The lowest BCUT2D eigenvalue weighted by Gasteiger charge is -2.17. The van der Waals surface area contributed by atoms with E-state index >= 15 is 0 Å². The van der Waals surface area contributed by atoms with Gasteiger partial charge in [0, 0.05) is 29.7 Å². The van der Waals surface area contributed by atoms with Crippen molar-refractivity contribution >= 4 is 33.4 Å². The molecule has 160 valence electrons. The molecule has 1 aliphatic rings. The van der Waals surface area contributed by atoms with Gasteiger partial charge in [-0.25, -0.2) is 0 Å². The highest BCUT2D eigenvalue weighted by Crippen LogP contribution is 2.27. The van der Waals surface area contributed by atoms with Crippen LogP contribution in [-0.4, -0.2) is 18.4 Å². The van der Waals surface area contributed by atoms with Gasteiger partial charge in [0.05, 0.1) is 18.8 Å². The maximum Gasteiger partial charge on any atom is 0.227 e. The van der Waals surface area contributed by atoms with Crippen LogP contribution < -0.4 is 10.2 Å². The molecule has 1 fully saturated rings. The Morgan fingerprint density at radius 3 is 2.74 bits per heavy atom. The summed E-state index contributed by atoms with van der Waals surface area (Å²) >= 11 is 3.42. The van der Waals surface area contributed by atoms with Crippen molar-refractivity contribution in [2.24, 2.45) is 5.92 Å². The Balaban J connectivity index is 1.28. The zero-order valence-corrected chi connectivity index (χ0v) is 18.5. The van der Waals surface area contributed by atoms with Crippen molar-refractivity contribution in [3.63, 3.8) is 0 Å². The van der Waals surface area contributed by atoms with Gasteiger partial charge in [-0.05, 0) is 41.5 Å². The zero-order valence-electron chi connectivity index (χ0n) is 16.9. The minimum atomic E-state index is -0.355. The molecule has 0 aliphatic carbocycles. The summed E-state index contributed by atoms with van der Waals surface area (Å²) in [6, 6.07) is 19.2. The quantitative estimate of drug-likeness (QED) is 0.515. The SMILES string of the molecule is O=C(NCc1cccc(COCc2ccco2)c1)C1CC(=O)N(c2cccc(Br)c2)C1. The fourth-order valence-corrected chi connectivity index (χ4v) is 3.99. The van der Waals surface area contributed by atoms with Gasteiger partial charge in [0.1, 0.15) is 12.4 Å². The van der Waals surface area contributed by atoms with E-state index in [1.54, 1.807) is 11.2 Å². The fourth-order valence-electron chi connectivity index (χ4n) is 3.60. The molecular weight excluding hydrogens is 460 g/mol. The van der Waals surface area contributed by atoms with Gasteiger partial charge in [0.15, 0.2) is 0 Å². The van der Waals surface area contributed by atoms with Gasteiger partial charge in [-0.15, -0.1) is 0 Å². The number of carbonyl (C=O) groups is 2. The Morgan fingerprint density at radius 1 is 1.10 bits per heavy atom. The third-order valence-corrected chi connectivity index (χ3v) is 5.66. The van der Waals surface area contributed by atoms with E-state index in [0.717, 1.165) is 27.0 Å². The molecule has 2 heterocycles. The van der Waals surface area contributed by atoms with Gasteiger partial charge in [0.25, 0.3) is 0 Å². The lowest BCUT2D eigenvalue weighted by molar-refractivity contribution is -0.126. The topological polar surface area (TPSA) is 71.8 Å². The first-order valence-electron chi connectivity index (χ1n) is 10.1. The number of carbonyl (C=O) groups excluding carboxylic acids is 2. The first-order valence-corrected chi connectivity index (χ1v) is 10.9. The van der Waals surface area contributed by atoms with Crippen LogP contribution in [0.5, 0.6) is 0 Å². The number of amides is 2. The van der Waals surface area contributed by atoms with Gasteiger partial charge in [-0.2, -0.15) is 0 Å². The molecule has 0 saturated carbocycles. The van der Waals surface area contributed by atoms with Crippen molar-refractivity contribution in [3.05, 3.63) is 88.3 Å². The highest BCUT2D eigenvalue weighted by atomic mass is 79.9. The van der Waals surface area contributed by atoms with Gasteiger partial charge < -0.3 is 19.4 Å². The molecule has 2 amide bonds. The number of ether oxygens (including phenoxy) is 1. The predicted octanol–water partition coefficient (Wildman–Crippen LogP) is 4.43. The number of hydrogen-bond acceptors (Lipinski definition) is 4. The Kier molecular flexibility index (Phi) is 6.84. The van der Waals surface area contributed by atoms with E-state index in [0.29, 0.717) is 26.3 Å². The summed E-state index contributed by atoms with van der Waals surface area (Å²) in [6.07, 6.45) is 1.84. The minimum absolute atomic E-state index is 0.0334. The second-order valence-electron chi connectivity index (χ2n) is 7.50. The van der Waals surface area contributed by atoms with Crippen LogP contribution in [0.4, 0.5) is 5.69 Å². The number of benzene rings is 2. The van der Waals surface area contributed by atoms with Crippen LogP contribution in [0.1, 0.15) is 23.3 Å². The molecule has 6 nitrogen and oxygen atoms in total. The third-order valence-electron chi connectivity index (χ3n) is 5.17. The summed E-state index contributed by atoms with van der Waals surface area (Å²) in [7, 11) is 0. The third kappa shape index (κ3) is 5.62. The lowest BCUT2D eigenvalue weighted by atomic mass is 10.1. The summed E-state index contributed by atoms with van der Waals surface area (Å²) in [5, 5.41) is 2.97. The molecule has 7 heteroatoms. The smallest absolute Gasteiger partial charge is 0.227 e.